The molecule has 0 aliphatic carbocycles. The smallest absolute Gasteiger partial charge is 0.271 e. The van der Waals surface area contributed by atoms with Gasteiger partial charge in [-0.05, 0) is 44.0 Å². The van der Waals surface area contributed by atoms with E-state index in [1.807, 2.05) is 13.8 Å². The van der Waals surface area contributed by atoms with Crippen molar-refractivity contribution < 1.29 is 22.4 Å². The molecule has 0 bridgehead atoms. The van der Waals surface area contributed by atoms with Gasteiger partial charge in [0.05, 0.1) is 10.9 Å². The quantitative estimate of drug-likeness (QED) is 0.629. The van der Waals surface area contributed by atoms with Crippen molar-refractivity contribution in [3.63, 3.8) is 0 Å². The molecule has 10 heteroatoms. The SMILES string of the molecule is CCc1sc(C(=O)NNC(=O)[C@H](C)NS(=O)(=O)c2ccccc2F)cc1C. The molecule has 27 heavy (non-hydrogen) atoms. The second-order valence-corrected chi connectivity index (χ2v) is 8.61. The zero-order valence-electron chi connectivity index (χ0n) is 15.0. The highest BCUT2D eigenvalue weighted by Crippen LogP contribution is 2.22. The summed E-state index contributed by atoms with van der Waals surface area (Å²) in [4.78, 5) is 25.1. The van der Waals surface area contributed by atoms with E-state index in [9.17, 15) is 22.4 Å². The van der Waals surface area contributed by atoms with E-state index < -0.39 is 38.6 Å². The molecular weight excluding hydrogens is 393 g/mol. The standard InChI is InChI=1S/C17H20FN3O4S2/c1-4-13-10(2)9-14(26-13)17(23)20-19-16(22)11(3)21-27(24,25)15-8-6-5-7-12(15)18/h5-9,11,21H,4H2,1-3H3,(H,19,22)(H,20,23)/t11-/m0/s1. The number of carbonyl (C=O) groups is 2. The molecule has 0 spiro atoms. The fourth-order valence-corrected chi connectivity index (χ4v) is 4.57. The van der Waals surface area contributed by atoms with Gasteiger partial charge >= 0.3 is 0 Å². The molecule has 3 N–H and O–H groups in total. The summed E-state index contributed by atoms with van der Waals surface area (Å²) in [6, 6.07) is 5.31. The Labute approximate surface area is 161 Å². The number of halogens is 1. The van der Waals surface area contributed by atoms with Crippen LogP contribution in [0.2, 0.25) is 0 Å². The van der Waals surface area contributed by atoms with Gasteiger partial charge in [0.25, 0.3) is 11.8 Å². The van der Waals surface area contributed by atoms with E-state index in [1.165, 1.54) is 30.4 Å². The minimum Gasteiger partial charge on any atom is -0.271 e. The number of hydrogen-bond acceptors (Lipinski definition) is 5. The number of hydrogen-bond donors (Lipinski definition) is 3. The van der Waals surface area contributed by atoms with Gasteiger partial charge in [-0.1, -0.05) is 19.1 Å². The summed E-state index contributed by atoms with van der Waals surface area (Å²) in [5.41, 5.74) is 5.40. The first-order valence-corrected chi connectivity index (χ1v) is 10.4. The largest absolute Gasteiger partial charge is 0.279 e. The predicted molar refractivity (Wildman–Crippen MR) is 100 cm³/mol. The average Bonchev–Trinajstić information content (AvgIpc) is 3.00. The Morgan fingerprint density at radius 3 is 2.48 bits per heavy atom. The molecule has 2 amide bonds. The van der Waals surface area contributed by atoms with Crippen LogP contribution in [0, 0.1) is 12.7 Å². The molecule has 2 rings (SSSR count). The highest BCUT2D eigenvalue weighted by Gasteiger charge is 2.25. The van der Waals surface area contributed by atoms with Crippen LogP contribution in [0.1, 0.15) is 34.0 Å². The molecule has 2 aromatic rings. The Morgan fingerprint density at radius 1 is 1.22 bits per heavy atom. The summed E-state index contributed by atoms with van der Waals surface area (Å²) < 4.78 is 40.1. The number of rotatable bonds is 6. The second-order valence-electron chi connectivity index (χ2n) is 5.79. The van der Waals surface area contributed by atoms with Gasteiger partial charge in [-0.2, -0.15) is 4.72 Å². The Balaban J connectivity index is 1.97. The molecule has 1 atom stereocenters. The monoisotopic (exact) mass is 413 g/mol. The lowest BCUT2D eigenvalue weighted by molar-refractivity contribution is -0.123. The van der Waals surface area contributed by atoms with E-state index in [0.717, 1.165) is 29.0 Å². The minimum atomic E-state index is -4.23. The number of carbonyl (C=O) groups excluding carboxylic acids is 2. The Kier molecular flexibility index (Phi) is 6.68. The number of benzene rings is 1. The lowest BCUT2D eigenvalue weighted by Gasteiger charge is -2.15. The molecule has 0 fully saturated rings. The number of nitrogens with one attached hydrogen (secondary N) is 3. The summed E-state index contributed by atoms with van der Waals surface area (Å²) in [6.45, 7) is 5.15. The van der Waals surface area contributed by atoms with Gasteiger partial charge in [-0.25, -0.2) is 12.8 Å². The zero-order valence-corrected chi connectivity index (χ0v) is 16.6. The first kappa shape index (κ1) is 21.0. The third-order valence-corrected chi connectivity index (χ3v) is 6.67. The fraction of sp³-hybridized carbons (Fsp3) is 0.294. The summed E-state index contributed by atoms with van der Waals surface area (Å²) >= 11 is 1.32. The third-order valence-electron chi connectivity index (χ3n) is 3.72. The van der Waals surface area contributed by atoms with Crippen LogP contribution < -0.4 is 15.6 Å². The average molecular weight is 413 g/mol. The number of thiophene rings is 1. The summed E-state index contributed by atoms with van der Waals surface area (Å²) in [5.74, 6) is -2.21. The first-order chi connectivity index (χ1) is 12.7. The van der Waals surface area contributed by atoms with Crippen molar-refractivity contribution in [2.24, 2.45) is 0 Å². The van der Waals surface area contributed by atoms with E-state index in [4.69, 9.17) is 0 Å². The van der Waals surface area contributed by atoms with Crippen molar-refractivity contribution in [1.82, 2.24) is 15.6 Å². The number of sulfonamides is 1. The minimum absolute atomic E-state index is 0.434. The maximum Gasteiger partial charge on any atom is 0.279 e. The van der Waals surface area contributed by atoms with Crippen molar-refractivity contribution >= 4 is 33.2 Å². The van der Waals surface area contributed by atoms with Crippen LogP contribution >= 0.6 is 11.3 Å². The van der Waals surface area contributed by atoms with Gasteiger partial charge in [0.1, 0.15) is 10.7 Å². The highest BCUT2D eigenvalue weighted by atomic mass is 32.2. The summed E-state index contributed by atoms with van der Waals surface area (Å²) in [6.07, 6.45) is 0.797. The summed E-state index contributed by atoms with van der Waals surface area (Å²) in [5, 5.41) is 0. The molecule has 1 heterocycles. The lowest BCUT2D eigenvalue weighted by atomic mass is 10.2. The van der Waals surface area contributed by atoms with Crippen LogP contribution in [0.3, 0.4) is 0 Å². The highest BCUT2D eigenvalue weighted by molar-refractivity contribution is 7.89. The third kappa shape index (κ3) is 5.12. The van der Waals surface area contributed by atoms with E-state index >= 15 is 0 Å². The Morgan fingerprint density at radius 2 is 1.89 bits per heavy atom. The zero-order chi connectivity index (χ0) is 20.2. The van der Waals surface area contributed by atoms with Gasteiger partial charge in [0, 0.05) is 4.88 Å². The molecule has 0 radical (unpaired) electrons. The van der Waals surface area contributed by atoms with Crippen molar-refractivity contribution in [3.05, 3.63) is 51.5 Å². The van der Waals surface area contributed by atoms with Crippen LogP contribution in [0.25, 0.3) is 0 Å². The van der Waals surface area contributed by atoms with Crippen LogP contribution in [0.5, 0.6) is 0 Å². The van der Waals surface area contributed by atoms with E-state index in [2.05, 4.69) is 15.6 Å². The van der Waals surface area contributed by atoms with Crippen LogP contribution in [0.15, 0.2) is 35.2 Å². The maximum atomic E-state index is 13.7. The van der Waals surface area contributed by atoms with Crippen molar-refractivity contribution in [3.8, 4) is 0 Å². The fourth-order valence-electron chi connectivity index (χ4n) is 2.28. The number of aryl methyl sites for hydroxylation is 2. The first-order valence-electron chi connectivity index (χ1n) is 8.12. The van der Waals surface area contributed by atoms with E-state index in [0.29, 0.717) is 4.88 Å². The van der Waals surface area contributed by atoms with Crippen molar-refractivity contribution in [1.29, 1.82) is 0 Å². The molecule has 1 aromatic carbocycles. The molecular formula is C17H20FN3O4S2. The Hall–Kier alpha value is -2.30. The number of hydrazine groups is 1. The number of amides is 2. The predicted octanol–water partition coefficient (Wildman–Crippen LogP) is 1.89. The van der Waals surface area contributed by atoms with Gasteiger partial charge < -0.3 is 0 Å². The normalized spacial score (nSPS) is 12.4. The topological polar surface area (TPSA) is 104 Å². The molecule has 0 saturated heterocycles. The van der Waals surface area contributed by atoms with Crippen LogP contribution in [-0.2, 0) is 21.2 Å². The maximum absolute atomic E-state index is 13.7. The summed E-state index contributed by atoms with van der Waals surface area (Å²) in [7, 11) is -4.23. The van der Waals surface area contributed by atoms with Crippen LogP contribution in [0.4, 0.5) is 4.39 Å². The van der Waals surface area contributed by atoms with Gasteiger partial charge in [-0.15, -0.1) is 11.3 Å². The van der Waals surface area contributed by atoms with Crippen molar-refractivity contribution in [2.75, 3.05) is 0 Å². The molecule has 1 aromatic heterocycles. The molecule has 0 aliphatic heterocycles. The molecule has 0 unspecified atom stereocenters. The Bertz CT molecular complexity index is 957. The van der Waals surface area contributed by atoms with Crippen molar-refractivity contribution in [2.45, 2.75) is 38.1 Å². The molecule has 0 aliphatic rings. The van der Waals surface area contributed by atoms with Gasteiger partial charge in [-0.3, -0.25) is 20.4 Å². The molecule has 146 valence electrons. The lowest BCUT2D eigenvalue weighted by Crippen LogP contribution is -2.51. The molecule has 0 saturated carbocycles. The second kappa shape index (κ2) is 8.59. The van der Waals surface area contributed by atoms with E-state index in [-0.39, 0.29) is 0 Å². The van der Waals surface area contributed by atoms with Gasteiger partial charge in [0.15, 0.2) is 0 Å². The van der Waals surface area contributed by atoms with Crippen LogP contribution in [-0.4, -0.2) is 26.3 Å². The molecule has 7 nitrogen and oxygen atoms in total. The van der Waals surface area contributed by atoms with E-state index in [1.54, 1.807) is 6.07 Å². The van der Waals surface area contributed by atoms with Gasteiger partial charge in [0.2, 0.25) is 10.0 Å².